The molecule has 1 N–H and O–H groups in total. The molecule has 2 aliphatic heterocycles. The number of aromatic nitrogens is 2. The minimum atomic E-state index is 0.243. The molecule has 1 aromatic rings. The number of carbonyl (C=O) groups is 1. The van der Waals surface area contributed by atoms with Gasteiger partial charge in [-0.2, -0.15) is 0 Å². The Labute approximate surface area is 198 Å². The number of hydrogen-bond donors (Lipinski definition) is 1. The fourth-order valence-electron chi connectivity index (χ4n) is 7.86. The van der Waals surface area contributed by atoms with Gasteiger partial charge in [0, 0.05) is 44.8 Å². The zero-order valence-electron chi connectivity index (χ0n) is 20.2. The van der Waals surface area contributed by atoms with E-state index in [-0.39, 0.29) is 5.91 Å². The minimum Gasteiger partial charge on any atom is -0.369 e. The van der Waals surface area contributed by atoms with E-state index in [4.69, 9.17) is 0 Å². The van der Waals surface area contributed by atoms with E-state index >= 15 is 0 Å². The van der Waals surface area contributed by atoms with Crippen molar-refractivity contribution in [3.63, 3.8) is 0 Å². The van der Waals surface area contributed by atoms with Gasteiger partial charge in [0.1, 0.15) is 12.1 Å². The van der Waals surface area contributed by atoms with E-state index in [1.165, 1.54) is 37.7 Å². The molecule has 4 aliphatic carbocycles. The molecular formula is C26H40N6O. The summed E-state index contributed by atoms with van der Waals surface area (Å²) < 4.78 is 0. The maximum absolute atomic E-state index is 13.0. The number of carbonyl (C=O) groups excluding carboxylic acids is 1. The van der Waals surface area contributed by atoms with Gasteiger partial charge in [0.25, 0.3) is 0 Å². The normalized spacial score (nSPS) is 33.8. The first-order valence-electron chi connectivity index (χ1n) is 13.4. The standard InChI is InChI=1S/C26H40N6O/c1-2-30-5-7-31(8-6-30)16-25(33)32-4-3-22-24(15-32)28-17-29-26(22)27-14-23-20-10-18-9-19(12-20)13-21(23)11-18/h17-21,23H,2-16H2,1H3,(H,27,28,29). The third-order valence-electron chi connectivity index (χ3n) is 9.56. The second-order valence-corrected chi connectivity index (χ2v) is 11.4. The second kappa shape index (κ2) is 9.14. The summed E-state index contributed by atoms with van der Waals surface area (Å²) in [7, 11) is 0. The highest BCUT2D eigenvalue weighted by Crippen LogP contribution is 2.56. The van der Waals surface area contributed by atoms with Gasteiger partial charge in [0.2, 0.25) is 5.91 Å². The second-order valence-electron chi connectivity index (χ2n) is 11.4. The van der Waals surface area contributed by atoms with Crippen molar-refractivity contribution in [3.8, 4) is 0 Å². The Balaban J connectivity index is 1.05. The van der Waals surface area contributed by atoms with Gasteiger partial charge in [-0.25, -0.2) is 9.97 Å². The molecule has 7 rings (SSSR count). The summed E-state index contributed by atoms with van der Waals surface area (Å²) >= 11 is 0. The molecule has 0 atom stereocenters. The molecule has 4 bridgehead atoms. The van der Waals surface area contributed by atoms with Gasteiger partial charge in [-0.15, -0.1) is 0 Å². The molecule has 1 amide bonds. The van der Waals surface area contributed by atoms with E-state index < -0.39 is 0 Å². The first-order chi connectivity index (χ1) is 16.2. The zero-order chi connectivity index (χ0) is 22.4. The van der Waals surface area contributed by atoms with Gasteiger partial charge in [-0.3, -0.25) is 9.69 Å². The largest absolute Gasteiger partial charge is 0.369 e. The lowest BCUT2D eigenvalue weighted by Crippen LogP contribution is -2.50. The van der Waals surface area contributed by atoms with Crippen LogP contribution in [-0.2, 0) is 17.8 Å². The van der Waals surface area contributed by atoms with E-state index in [2.05, 4.69) is 32.0 Å². The molecule has 1 aromatic heterocycles. The highest BCUT2D eigenvalue weighted by Gasteiger charge is 2.47. The molecule has 1 saturated heterocycles. The Kier molecular flexibility index (Phi) is 6.03. The summed E-state index contributed by atoms with van der Waals surface area (Å²) in [6.07, 6.45) is 9.91. The summed E-state index contributed by atoms with van der Waals surface area (Å²) in [4.78, 5) is 29.0. The lowest BCUT2D eigenvalue weighted by atomic mass is 9.52. The van der Waals surface area contributed by atoms with Crippen molar-refractivity contribution in [2.45, 2.75) is 52.0 Å². The van der Waals surface area contributed by atoms with Gasteiger partial charge in [-0.05, 0) is 74.7 Å². The molecule has 7 nitrogen and oxygen atoms in total. The molecule has 0 aromatic carbocycles. The topological polar surface area (TPSA) is 64.6 Å². The first-order valence-corrected chi connectivity index (χ1v) is 13.4. The van der Waals surface area contributed by atoms with Crippen molar-refractivity contribution in [1.82, 2.24) is 24.7 Å². The number of likely N-dealkylation sites (N-methyl/N-ethyl adjacent to an activating group) is 1. The molecule has 180 valence electrons. The molecule has 4 saturated carbocycles. The summed E-state index contributed by atoms with van der Waals surface area (Å²) in [5.41, 5.74) is 2.27. The Morgan fingerprint density at radius 2 is 1.67 bits per heavy atom. The van der Waals surface area contributed by atoms with E-state index in [1.54, 1.807) is 6.33 Å². The van der Waals surface area contributed by atoms with Crippen LogP contribution in [-0.4, -0.2) is 82.9 Å². The van der Waals surface area contributed by atoms with Crippen molar-refractivity contribution in [1.29, 1.82) is 0 Å². The van der Waals surface area contributed by atoms with E-state index in [9.17, 15) is 4.79 Å². The van der Waals surface area contributed by atoms with Gasteiger partial charge in [0.15, 0.2) is 0 Å². The van der Waals surface area contributed by atoms with Crippen LogP contribution in [0, 0.1) is 29.6 Å². The number of anilines is 1. The lowest BCUT2D eigenvalue weighted by molar-refractivity contribution is -0.133. The van der Waals surface area contributed by atoms with Crippen LogP contribution in [0.1, 0.15) is 50.3 Å². The molecule has 0 unspecified atom stereocenters. The fourth-order valence-corrected chi connectivity index (χ4v) is 7.86. The average Bonchev–Trinajstić information content (AvgIpc) is 2.83. The monoisotopic (exact) mass is 452 g/mol. The molecule has 3 heterocycles. The number of hydrogen-bond acceptors (Lipinski definition) is 6. The summed E-state index contributed by atoms with van der Waals surface area (Å²) in [6.45, 7) is 10.4. The first kappa shape index (κ1) is 21.8. The molecule has 0 spiro atoms. The highest BCUT2D eigenvalue weighted by molar-refractivity contribution is 5.78. The van der Waals surface area contributed by atoms with E-state index in [0.29, 0.717) is 13.1 Å². The maximum Gasteiger partial charge on any atom is 0.237 e. The number of fused-ring (bicyclic) bond motifs is 1. The predicted octanol–water partition coefficient (Wildman–Crippen LogP) is 2.48. The number of piperazine rings is 1. The molecule has 33 heavy (non-hydrogen) atoms. The third-order valence-corrected chi connectivity index (χ3v) is 9.56. The Bertz CT molecular complexity index is 838. The van der Waals surface area contributed by atoms with Crippen LogP contribution in [0.4, 0.5) is 5.82 Å². The van der Waals surface area contributed by atoms with Crippen LogP contribution in [0.15, 0.2) is 6.33 Å². The number of nitrogens with zero attached hydrogens (tertiary/aromatic N) is 5. The van der Waals surface area contributed by atoms with Crippen molar-refractivity contribution >= 4 is 11.7 Å². The average molecular weight is 453 g/mol. The van der Waals surface area contributed by atoms with Crippen molar-refractivity contribution in [2.24, 2.45) is 29.6 Å². The van der Waals surface area contributed by atoms with Crippen LogP contribution in [0.3, 0.4) is 0 Å². The van der Waals surface area contributed by atoms with Crippen molar-refractivity contribution in [2.75, 3.05) is 57.7 Å². The van der Waals surface area contributed by atoms with Gasteiger partial charge >= 0.3 is 0 Å². The molecule has 6 aliphatic rings. The fraction of sp³-hybridized carbons (Fsp3) is 0.808. The number of amides is 1. The lowest BCUT2D eigenvalue weighted by Gasteiger charge is -2.54. The zero-order valence-corrected chi connectivity index (χ0v) is 20.2. The third kappa shape index (κ3) is 4.39. The molecule has 0 radical (unpaired) electrons. The maximum atomic E-state index is 13.0. The van der Waals surface area contributed by atoms with Crippen LogP contribution >= 0.6 is 0 Å². The minimum absolute atomic E-state index is 0.243. The van der Waals surface area contributed by atoms with Gasteiger partial charge in [-0.1, -0.05) is 6.92 Å². The highest BCUT2D eigenvalue weighted by atomic mass is 16.2. The van der Waals surface area contributed by atoms with Gasteiger partial charge < -0.3 is 15.1 Å². The summed E-state index contributed by atoms with van der Waals surface area (Å²) in [5, 5.41) is 3.75. The molecule has 7 heteroatoms. The Hall–Kier alpha value is -1.73. The van der Waals surface area contributed by atoms with Crippen LogP contribution in [0.25, 0.3) is 0 Å². The Morgan fingerprint density at radius 1 is 0.970 bits per heavy atom. The van der Waals surface area contributed by atoms with Crippen LogP contribution < -0.4 is 5.32 Å². The quantitative estimate of drug-likeness (QED) is 0.716. The Morgan fingerprint density at radius 3 is 2.36 bits per heavy atom. The number of rotatable bonds is 6. The predicted molar refractivity (Wildman–Crippen MR) is 129 cm³/mol. The number of nitrogens with one attached hydrogen (secondary N) is 1. The molecule has 5 fully saturated rings. The van der Waals surface area contributed by atoms with E-state index in [0.717, 1.165) is 93.3 Å². The molecular weight excluding hydrogens is 412 g/mol. The van der Waals surface area contributed by atoms with E-state index in [1.807, 2.05) is 4.90 Å². The smallest absolute Gasteiger partial charge is 0.237 e. The summed E-state index contributed by atoms with van der Waals surface area (Å²) in [5.74, 6) is 5.99. The van der Waals surface area contributed by atoms with Crippen LogP contribution in [0.5, 0.6) is 0 Å². The van der Waals surface area contributed by atoms with Gasteiger partial charge in [0.05, 0.1) is 18.8 Å². The SMILES string of the molecule is CCN1CCN(CC(=O)N2CCc3c(ncnc3NCC3C4CC5CC(C4)CC3C5)C2)CC1. The van der Waals surface area contributed by atoms with Crippen molar-refractivity contribution < 1.29 is 4.79 Å². The van der Waals surface area contributed by atoms with Crippen LogP contribution in [0.2, 0.25) is 0 Å². The summed E-state index contributed by atoms with van der Waals surface area (Å²) in [6, 6.07) is 0. The van der Waals surface area contributed by atoms with Crippen molar-refractivity contribution in [3.05, 3.63) is 17.6 Å².